The van der Waals surface area contributed by atoms with Crippen molar-refractivity contribution < 1.29 is 50.2 Å². The van der Waals surface area contributed by atoms with Crippen LogP contribution in [-0.4, -0.2) is 78.4 Å². The molecule has 1 saturated heterocycles. The number of morpholine rings is 1. The minimum Gasteiger partial charge on any atom is -0.378 e. The fourth-order valence-corrected chi connectivity index (χ4v) is 7.99. The van der Waals surface area contributed by atoms with Crippen LogP contribution in [0.15, 0.2) is 60.7 Å². The van der Waals surface area contributed by atoms with Crippen LogP contribution < -0.4 is 10.6 Å². The standard InChI is InChI=1S/C42H37F7N8O4/c1-40(2,60)12-11-25-7-8-26(27-5-4-6-29-35(27)55(3)54-38(29)52-39(59)56-13-15-61-16-14-56)34(50-25)31(19-22-17-23(43)20-24(44)18-22)51-32(58)21-57-37-33(36(53-57)42(47,48)49)28-9-10-30(28)41(37,45)46/h4-10,17-18,20,28,30-31,60H,13-16,19,21H2,1-3H3,(H,51,58)(H,52,54,59)/t28-,30+,31-/m0/s1. The Hall–Kier alpha value is -6.26. The monoisotopic (exact) mass is 850 g/mol. The van der Waals surface area contributed by atoms with Gasteiger partial charge in [0.2, 0.25) is 5.91 Å². The number of hydrogen-bond acceptors (Lipinski definition) is 7. The number of pyridine rings is 1. The Labute approximate surface area is 343 Å². The van der Waals surface area contributed by atoms with Crippen molar-refractivity contribution in [3.05, 3.63) is 106 Å². The van der Waals surface area contributed by atoms with Crippen LogP contribution in [0.1, 0.15) is 59.7 Å². The molecule has 19 heteroatoms. The van der Waals surface area contributed by atoms with Crippen LogP contribution in [0.5, 0.6) is 0 Å². The Morgan fingerprint density at radius 2 is 1.74 bits per heavy atom. The number of allylic oxidation sites excluding steroid dienone is 2. The first kappa shape index (κ1) is 41.5. The average molecular weight is 851 g/mol. The highest BCUT2D eigenvalue weighted by molar-refractivity contribution is 6.04. The molecule has 1 aliphatic heterocycles. The van der Waals surface area contributed by atoms with E-state index in [-0.39, 0.29) is 29.2 Å². The van der Waals surface area contributed by atoms with Gasteiger partial charge in [0.05, 0.1) is 36.4 Å². The molecule has 8 rings (SSSR count). The first-order valence-corrected chi connectivity index (χ1v) is 19.1. The van der Waals surface area contributed by atoms with E-state index in [1.165, 1.54) is 30.7 Å². The van der Waals surface area contributed by atoms with Crippen molar-refractivity contribution in [3.8, 4) is 23.0 Å². The third-order valence-corrected chi connectivity index (χ3v) is 10.7. The van der Waals surface area contributed by atoms with Gasteiger partial charge in [0.25, 0.3) is 5.92 Å². The smallest absolute Gasteiger partial charge is 0.378 e. The van der Waals surface area contributed by atoms with Gasteiger partial charge in [-0.1, -0.05) is 30.2 Å². The van der Waals surface area contributed by atoms with Gasteiger partial charge in [0.1, 0.15) is 35.2 Å². The van der Waals surface area contributed by atoms with Gasteiger partial charge >= 0.3 is 12.2 Å². The molecule has 61 heavy (non-hydrogen) atoms. The Bertz CT molecular complexity index is 2650. The molecule has 3 N–H and O–H groups in total. The largest absolute Gasteiger partial charge is 0.435 e. The summed E-state index contributed by atoms with van der Waals surface area (Å²) in [5, 5.41) is 24.4. The minimum atomic E-state index is -5.11. The molecule has 2 aromatic carbocycles. The average Bonchev–Trinajstić information content (AvgIpc) is 3.74. The predicted octanol–water partition coefficient (Wildman–Crippen LogP) is 6.59. The number of halogens is 7. The van der Waals surface area contributed by atoms with Crippen LogP contribution >= 0.6 is 0 Å². The lowest BCUT2D eigenvalue weighted by atomic mass is 9.81. The maximum atomic E-state index is 15.6. The third-order valence-electron chi connectivity index (χ3n) is 10.7. The summed E-state index contributed by atoms with van der Waals surface area (Å²) in [7, 11) is 1.64. The number of para-hydroxylation sites is 1. The van der Waals surface area contributed by atoms with Crippen molar-refractivity contribution in [1.82, 2.24) is 34.8 Å². The number of fused-ring (bicyclic) bond motifs is 4. The van der Waals surface area contributed by atoms with Crippen LogP contribution in [0, 0.1) is 29.4 Å². The quantitative estimate of drug-likeness (QED) is 0.0910. The maximum Gasteiger partial charge on any atom is 0.435 e. The van der Waals surface area contributed by atoms with Crippen LogP contribution in [0.4, 0.5) is 41.3 Å². The number of aryl methyl sites for hydroxylation is 1. The van der Waals surface area contributed by atoms with Crippen molar-refractivity contribution in [2.45, 2.75) is 56.5 Å². The Balaban J connectivity index is 1.24. The normalized spacial score (nSPS) is 18.5. The number of rotatable bonds is 8. The van der Waals surface area contributed by atoms with E-state index < -0.39 is 82.6 Å². The number of benzene rings is 2. The third kappa shape index (κ3) is 8.04. The molecule has 0 radical (unpaired) electrons. The van der Waals surface area contributed by atoms with Crippen LogP contribution in [-0.2, 0) is 41.6 Å². The van der Waals surface area contributed by atoms with Gasteiger partial charge in [-0.25, -0.2) is 18.6 Å². The molecule has 3 aromatic heterocycles. The van der Waals surface area contributed by atoms with Gasteiger partial charge in [-0.15, -0.1) is 0 Å². The van der Waals surface area contributed by atoms with Crippen LogP contribution in [0.2, 0.25) is 0 Å². The van der Waals surface area contributed by atoms with Gasteiger partial charge < -0.3 is 20.1 Å². The molecule has 0 bridgehead atoms. The van der Waals surface area contributed by atoms with E-state index in [9.17, 15) is 36.6 Å². The molecule has 0 unspecified atom stereocenters. The SMILES string of the molecule is Cn1nc(NC(=O)N2CCOCC2)c2cccc(-c3ccc(C#CC(C)(C)O)nc3[C@H](Cc3cc(F)cc(F)c3)NC(=O)Cn3nc(C(F)(F)F)c4c3C(F)(F)[C@@H]3C=C[C@H]43)c21. The molecule has 318 valence electrons. The molecule has 3 amide bonds. The summed E-state index contributed by atoms with van der Waals surface area (Å²) >= 11 is 0. The lowest BCUT2D eigenvalue weighted by molar-refractivity contribution is -0.142. The second-order valence-electron chi connectivity index (χ2n) is 15.6. The van der Waals surface area contributed by atoms with E-state index in [4.69, 9.17) is 9.72 Å². The van der Waals surface area contributed by atoms with E-state index in [2.05, 4.69) is 32.7 Å². The maximum absolute atomic E-state index is 15.6. The number of amides is 3. The molecule has 5 aromatic rings. The number of urea groups is 1. The predicted molar refractivity (Wildman–Crippen MR) is 206 cm³/mol. The fourth-order valence-electron chi connectivity index (χ4n) is 7.99. The Morgan fingerprint density at radius 3 is 2.39 bits per heavy atom. The molecule has 1 fully saturated rings. The zero-order valence-electron chi connectivity index (χ0n) is 32.7. The number of hydrogen-bond donors (Lipinski definition) is 3. The summed E-state index contributed by atoms with van der Waals surface area (Å²) in [5.74, 6) is -3.84. The summed E-state index contributed by atoms with van der Waals surface area (Å²) in [4.78, 5) is 33.6. The number of carbonyl (C=O) groups excluding carboxylic acids is 2. The first-order chi connectivity index (χ1) is 28.8. The zero-order chi connectivity index (χ0) is 43.6. The highest BCUT2D eigenvalue weighted by atomic mass is 19.4. The van der Waals surface area contributed by atoms with Crippen molar-refractivity contribution in [1.29, 1.82) is 0 Å². The van der Waals surface area contributed by atoms with Gasteiger partial charge in [-0.3, -0.25) is 19.5 Å². The van der Waals surface area contributed by atoms with Crippen molar-refractivity contribution in [2.75, 3.05) is 31.6 Å². The molecule has 2 aliphatic carbocycles. The second kappa shape index (κ2) is 15.3. The molecule has 12 nitrogen and oxygen atoms in total. The molecule has 4 heterocycles. The Kier molecular flexibility index (Phi) is 10.4. The van der Waals surface area contributed by atoms with Crippen molar-refractivity contribution in [3.63, 3.8) is 0 Å². The van der Waals surface area contributed by atoms with Crippen molar-refractivity contribution in [2.24, 2.45) is 13.0 Å². The number of anilines is 1. The van der Waals surface area contributed by atoms with Crippen LogP contribution in [0.25, 0.3) is 22.0 Å². The van der Waals surface area contributed by atoms with E-state index in [0.717, 1.165) is 18.2 Å². The van der Waals surface area contributed by atoms with Crippen LogP contribution in [0.3, 0.4) is 0 Å². The van der Waals surface area contributed by atoms with E-state index in [0.29, 0.717) is 59.1 Å². The topological polar surface area (TPSA) is 139 Å². The summed E-state index contributed by atoms with van der Waals surface area (Å²) in [6.45, 7) is 3.28. The lowest BCUT2D eigenvalue weighted by Gasteiger charge is -2.27. The summed E-state index contributed by atoms with van der Waals surface area (Å²) in [6, 6.07) is 9.19. The van der Waals surface area contributed by atoms with E-state index >= 15 is 8.78 Å². The number of carbonyl (C=O) groups is 2. The summed E-state index contributed by atoms with van der Waals surface area (Å²) < 4.78 is 110. The molecular weight excluding hydrogens is 814 g/mol. The van der Waals surface area contributed by atoms with Gasteiger partial charge in [0, 0.05) is 54.2 Å². The minimum absolute atomic E-state index is 0.0314. The number of ether oxygens (including phenoxy) is 1. The van der Waals surface area contributed by atoms with Gasteiger partial charge in [-0.05, 0) is 62.1 Å². The second-order valence-corrected chi connectivity index (χ2v) is 15.6. The molecular formula is C42H37F7N8O4. The highest BCUT2D eigenvalue weighted by Gasteiger charge is 2.61. The van der Waals surface area contributed by atoms with E-state index in [1.54, 1.807) is 36.2 Å². The summed E-state index contributed by atoms with van der Waals surface area (Å²) in [6.07, 6.45) is -3.11. The Morgan fingerprint density at radius 1 is 1.02 bits per heavy atom. The first-order valence-electron chi connectivity index (χ1n) is 19.1. The molecule has 3 aliphatic rings. The van der Waals surface area contributed by atoms with Gasteiger partial charge in [0.15, 0.2) is 11.5 Å². The number of nitrogens with one attached hydrogen (secondary N) is 2. The van der Waals surface area contributed by atoms with Crippen molar-refractivity contribution >= 4 is 28.7 Å². The lowest BCUT2D eigenvalue weighted by Crippen LogP contribution is -2.43. The fraction of sp³-hybridized carbons (Fsp3) is 0.357. The molecule has 0 saturated carbocycles. The highest BCUT2D eigenvalue weighted by Crippen LogP contribution is 2.60. The van der Waals surface area contributed by atoms with Gasteiger partial charge in [-0.2, -0.15) is 32.1 Å². The zero-order valence-corrected chi connectivity index (χ0v) is 32.7. The number of aliphatic hydroxyl groups is 1. The summed E-state index contributed by atoms with van der Waals surface area (Å²) in [5.41, 5.74) is -3.29. The number of aromatic nitrogens is 5. The number of alkyl halides is 5. The molecule has 0 spiro atoms. The molecule has 3 atom stereocenters. The van der Waals surface area contributed by atoms with E-state index in [1.807, 2.05) is 0 Å². The number of nitrogens with zero attached hydrogens (tertiary/aromatic N) is 6.